The molecule has 0 saturated carbocycles. The van der Waals surface area contributed by atoms with Gasteiger partial charge in [-0.1, -0.05) is 30.3 Å². The van der Waals surface area contributed by atoms with Gasteiger partial charge < -0.3 is 15.5 Å². The first-order valence-corrected chi connectivity index (χ1v) is 9.58. The van der Waals surface area contributed by atoms with Crippen LogP contribution in [0.4, 0.5) is 15.9 Å². The molecule has 3 aromatic rings. The van der Waals surface area contributed by atoms with Crippen molar-refractivity contribution < 1.29 is 14.0 Å². The van der Waals surface area contributed by atoms with Gasteiger partial charge in [-0.2, -0.15) is 0 Å². The minimum atomic E-state index is -0.413. The van der Waals surface area contributed by atoms with Crippen molar-refractivity contribution in [2.45, 2.75) is 19.0 Å². The van der Waals surface area contributed by atoms with Crippen LogP contribution in [0.5, 0.6) is 0 Å². The van der Waals surface area contributed by atoms with Crippen molar-refractivity contribution in [1.82, 2.24) is 15.1 Å². The molecule has 2 aromatic carbocycles. The molecule has 0 spiro atoms. The minimum Gasteiger partial charge on any atom is -0.357 e. The number of para-hydroxylation sites is 1. The molecule has 2 heterocycles. The van der Waals surface area contributed by atoms with Crippen LogP contribution in [0.3, 0.4) is 0 Å². The van der Waals surface area contributed by atoms with Crippen molar-refractivity contribution >= 4 is 23.3 Å². The van der Waals surface area contributed by atoms with E-state index >= 15 is 0 Å². The van der Waals surface area contributed by atoms with Crippen molar-refractivity contribution in [3.8, 4) is 0 Å². The van der Waals surface area contributed by atoms with Crippen molar-refractivity contribution in [1.29, 1.82) is 0 Å². The number of amides is 2. The van der Waals surface area contributed by atoms with Crippen LogP contribution >= 0.6 is 0 Å². The third-order valence-electron chi connectivity index (χ3n) is 4.84. The zero-order valence-corrected chi connectivity index (χ0v) is 16.1. The number of carbonyl (C=O) groups excluding carboxylic acids is 2. The number of hydrogen-bond donors (Lipinski definition) is 2. The van der Waals surface area contributed by atoms with Crippen LogP contribution < -0.4 is 10.6 Å². The van der Waals surface area contributed by atoms with Gasteiger partial charge >= 0.3 is 0 Å². The molecule has 1 aliphatic heterocycles. The topological polar surface area (TPSA) is 87.2 Å². The predicted octanol–water partition coefficient (Wildman–Crippen LogP) is 3.08. The van der Waals surface area contributed by atoms with Gasteiger partial charge in [-0.05, 0) is 48.4 Å². The van der Waals surface area contributed by atoms with Gasteiger partial charge in [-0.3, -0.25) is 9.59 Å². The van der Waals surface area contributed by atoms with Crippen molar-refractivity contribution in [2.75, 3.05) is 17.2 Å². The molecule has 4 rings (SSSR count). The van der Waals surface area contributed by atoms with Gasteiger partial charge in [0, 0.05) is 18.8 Å². The smallest absolute Gasteiger partial charge is 0.276 e. The Kier molecular flexibility index (Phi) is 5.65. The minimum absolute atomic E-state index is 0.0491. The zero-order valence-electron chi connectivity index (χ0n) is 16.1. The summed E-state index contributed by atoms with van der Waals surface area (Å²) < 4.78 is 13.0. The van der Waals surface area contributed by atoms with E-state index in [9.17, 15) is 14.0 Å². The fourth-order valence-electron chi connectivity index (χ4n) is 3.27. The number of aromatic nitrogens is 2. The number of rotatable bonds is 6. The summed E-state index contributed by atoms with van der Waals surface area (Å²) in [6.45, 7) is 1.03. The largest absolute Gasteiger partial charge is 0.357 e. The van der Waals surface area contributed by atoms with E-state index < -0.39 is 6.04 Å². The molecule has 2 N–H and O–H groups in total. The molecule has 1 fully saturated rings. The van der Waals surface area contributed by atoms with Crippen molar-refractivity contribution in [3.05, 3.63) is 83.8 Å². The normalized spacial score (nSPS) is 15.8. The van der Waals surface area contributed by atoms with E-state index in [-0.39, 0.29) is 23.3 Å². The molecule has 1 atom stereocenters. The highest BCUT2D eigenvalue weighted by Gasteiger charge is 2.31. The Bertz CT molecular complexity index is 1030. The van der Waals surface area contributed by atoms with Crippen LogP contribution in [0.2, 0.25) is 0 Å². The second-order valence-corrected chi connectivity index (χ2v) is 7.00. The third-order valence-corrected chi connectivity index (χ3v) is 4.84. The fraction of sp³-hybridized carbons (Fsp3) is 0.182. The van der Waals surface area contributed by atoms with Gasteiger partial charge in [-0.15, -0.1) is 10.2 Å². The molecule has 0 aliphatic carbocycles. The number of likely N-dealkylation sites (tertiary alicyclic amines) is 1. The van der Waals surface area contributed by atoms with Crippen LogP contribution in [-0.4, -0.2) is 39.5 Å². The standard InChI is InChI=1S/C22H20FN5O2/c23-16-8-6-15(7-9-16)14-28-13-12-19(22(28)30)25-20-11-10-18(26-27-20)21(29)24-17-4-2-1-3-5-17/h1-11,19H,12-14H2,(H,24,29)(H,25,27). The van der Waals surface area contributed by atoms with Crippen LogP contribution in [-0.2, 0) is 11.3 Å². The monoisotopic (exact) mass is 405 g/mol. The number of nitrogens with one attached hydrogen (secondary N) is 2. The summed E-state index contributed by atoms with van der Waals surface area (Å²) in [6, 6.07) is 18.0. The molecule has 1 saturated heterocycles. The van der Waals surface area contributed by atoms with Crippen LogP contribution in [0, 0.1) is 5.82 Å². The lowest BCUT2D eigenvalue weighted by Crippen LogP contribution is -2.33. The highest BCUT2D eigenvalue weighted by molar-refractivity contribution is 6.02. The molecule has 30 heavy (non-hydrogen) atoms. The lowest BCUT2D eigenvalue weighted by Gasteiger charge is -2.17. The Morgan fingerprint density at radius 1 is 1.03 bits per heavy atom. The number of benzene rings is 2. The summed E-state index contributed by atoms with van der Waals surface area (Å²) in [5, 5.41) is 13.8. The lowest BCUT2D eigenvalue weighted by molar-refractivity contribution is -0.128. The molecule has 0 radical (unpaired) electrons. The average molecular weight is 405 g/mol. The van der Waals surface area contributed by atoms with Crippen molar-refractivity contribution in [2.24, 2.45) is 0 Å². The maximum absolute atomic E-state index is 13.0. The molecule has 152 valence electrons. The van der Waals surface area contributed by atoms with E-state index in [2.05, 4.69) is 20.8 Å². The third kappa shape index (κ3) is 4.60. The summed E-state index contributed by atoms with van der Waals surface area (Å²) in [7, 11) is 0. The Morgan fingerprint density at radius 3 is 2.50 bits per heavy atom. The Balaban J connectivity index is 1.33. The summed E-state index contributed by atoms with van der Waals surface area (Å²) in [6.07, 6.45) is 0.623. The number of hydrogen-bond acceptors (Lipinski definition) is 5. The second-order valence-electron chi connectivity index (χ2n) is 7.00. The predicted molar refractivity (Wildman–Crippen MR) is 110 cm³/mol. The number of nitrogens with zero attached hydrogens (tertiary/aromatic N) is 3. The molecule has 0 bridgehead atoms. The van der Waals surface area contributed by atoms with Crippen LogP contribution in [0.25, 0.3) is 0 Å². The fourth-order valence-corrected chi connectivity index (χ4v) is 3.27. The maximum Gasteiger partial charge on any atom is 0.276 e. The van der Waals surface area contributed by atoms with E-state index in [0.29, 0.717) is 31.0 Å². The molecule has 8 heteroatoms. The SMILES string of the molecule is O=C(Nc1ccccc1)c1ccc(NC2CCN(Cc3ccc(F)cc3)C2=O)nn1. The molecular weight excluding hydrogens is 385 g/mol. The van der Waals surface area contributed by atoms with E-state index in [1.54, 1.807) is 41.3 Å². The second kappa shape index (κ2) is 8.69. The van der Waals surface area contributed by atoms with E-state index in [0.717, 1.165) is 5.56 Å². The van der Waals surface area contributed by atoms with Gasteiger partial charge in [-0.25, -0.2) is 4.39 Å². The summed E-state index contributed by atoms with van der Waals surface area (Å²) in [5.41, 5.74) is 1.73. The first-order valence-electron chi connectivity index (χ1n) is 9.58. The molecule has 7 nitrogen and oxygen atoms in total. The highest BCUT2D eigenvalue weighted by Crippen LogP contribution is 2.19. The highest BCUT2D eigenvalue weighted by atomic mass is 19.1. The van der Waals surface area contributed by atoms with Gasteiger partial charge in [0.25, 0.3) is 5.91 Å². The van der Waals surface area contributed by atoms with Crippen molar-refractivity contribution in [3.63, 3.8) is 0 Å². The Morgan fingerprint density at radius 2 is 1.80 bits per heavy atom. The molecule has 2 amide bonds. The van der Waals surface area contributed by atoms with Gasteiger partial charge in [0.05, 0.1) is 0 Å². The quantitative estimate of drug-likeness (QED) is 0.658. The van der Waals surface area contributed by atoms with E-state index in [1.807, 2.05) is 18.2 Å². The lowest BCUT2D eigenvalue weighted by atomic mass is 10.2. The first kappa shape index (κ1) is 19.5. The zero-order chi connectivity index (χ0) is 20.9. The molecule has 1 aliphatic rings. The summed E-state index contributed by atoms with van der Waals surface area (Å²) in [5.74, 6) is -0.284. The molecule has 1 aromatic heterocycles. The summed E-state index contributed by atoms with van der Waals surface area (Å²) >= 11 is 0. The summed E-state index contributed by atoms with van der Waals surface area (Å²) in [4.78, 5) is 26.6. The van der Waals surface area contributed by atoms with E-state index in [1.165, 1.54) is 12.1 Å². The number of carbonyl (C=O) groups is 2. The molecular formula is C22H20FN5O2. The van der Waals surface area contributed by atoms with Gasteiger partial charge in [0.15, 0.2) is 5.69 Å². The number of anilines is 2. The Labute approximate surface area is 172 Å². The maximum atomic E-state index is 13.0. The Hall–Kier alpha value is -3.81. The van der Waals surface area contributed by atoms with E-state index in [4.69, 9.17) is 0 Å². The van der Waals surface area contributed by atoms with Crippen LogP contribution in [0.15, 0.2) is 66.7 Å². The average Bonchev–Trinajstić information content (AvgIpc) is 3.10. The van der Waals surface area contributed by atoms with Gasteiger partial charge in [0.2, 0.25) is 5.91 Å². The first-order chi connectivity index (χ1) is 14.6. The number of halogens is 1. The van der Waals surface area contributed by atoms with Crippen LogP contribution in [0.1, 0.15) is 22.5 Å². The molecule has 1 unspecified atom stereocenters. The van der Waals surface area contributed by atoms with Gasteiger partial charge in [0.1, 0.15) is 17.7 Å².